The topological polar surface area (TPSA) is 61.8 Å². The number of nitrogens with one attached hydrogen (secondary N) is 1. The van der Waals surface area contributed by atoms with Crippen molar-refractivity contribution in [1.82, 2.24) is 10.2 Å². The van der Waals surface area contributed by atoms with Crippen LogP contribution in [0.3, 0.4) is 0 Å². The van der Waals surface area contributed by atoms with Crippen molar-refractivity contribution < 1.29 is 14.6 Å². The molecule has 2 saturated heterocycles. The lowest BCUT2D eigenvalue weighted by molar-refractivity contribution is 0.0938. The first-order valence-electron chi connectivity index (χ1n) is 8.66. The van der Waals surface area contributed by atoms with Gasteiger partial charge in [0.2, 0.25) is 0 Å². The summed E-state index contributed by atoms with van der Waals surface area (Å²) in [5.74, 6) is 0. The summed E-state index contributed by atoms with van der Waals surface area (Å²) in [5, 5.41) is 13.6. The quantitative estimate of drug-likeness (QED) is 0.875. The summed E-state index contributed by atoms with van der Waals surface area (Å²) in [6.07, 6.45) is 5.03. The van der Waals surface area contributed by atoms with E-state index >= 15 is 0 Å². The summed E-state index contributed by atoms with van der Waals surface area (Å²) >= 11 is 0. The molecular weight excluding hydrogens is 292 g/mol. The summed E-state index contributed by atoms with van der Waals surface area (Å²) in [4.78, 5) is 14.5. The number of fused-ring (bicyclic) bond motifs is 2. The van der Waals surface area contributed by atoms with E-state index in [4.69, 9.17) is 4.74 Å². The number of carbonyl (C=O) groups excluding carboxylic acids is 1. The highest BCUT2D eigenvalue weighted by Crippen LogP contribution is 2.35. The average Bonchev–Trinajstić information content (AvgIpc) is 3.20. The van der Waals surface area contributed by atoms with E-state index < -0.39 is 6.10 Å². The maximum absolute atomic E-state index is 12.7. The molecule has 2 amide bonds. The number of hydrogen-bond donors (Lipinski definition) is 2. The first-order valence-corrected chi connectivity index (χ1v) is 8.66. The van der Waals surface area contributed by atoms with Gasteiger partial charge in [0.15, 0.2) is 0 Å². The van der Waals surface area contributed by atoms with Crippen molar-refractivity contribution in [3.8, 4) is 0 Å². The second kappa shape index (κ2) is 6.13. The Kier molecular flexibility index (Phi) is 3.99. The van der Waals surface area contributed by atoms with Gasteiger partial charge in [-0.15, -0.1) is 0 Å². The van der Waals surface area contributed by atoms with E-state index in [9.17, 15) is 9.90 Å². The van der Waals surface area contributed by atoms with Gasteiger partial charge in [-0.3, -0.25) is 0 Å². The fourth-order valence-corrected chi connectivity index (χ4v) is 3.78. The summed E-state index contributed by atoms with van der Waals surface area (Å²) in [7, 11) is 0. The van der Waals surface area contributed by atoms with Crippen molar-refractivity contribution in [3.05, 3.63) is 35.9 Å². The van der Waals surface area contributed by atoms with Crippen LogP contribution in [-0.2, 0) is 4.74 Å². The summed E-state index contributed by atoms with van der Waals surface area (Å²) < 4.78 is 5.81. The molecule has 2 N–H and O–H groups in total. The van der Waals surface area contributed by atoms with Crippen LogP contribution in [0.2, 0.25) is 0 Å². The molecule has 0 aromatic heterocycles. The molecule has 1 saturated carbocycles. The number of carbonyl (C=O) groups is 1. The first kappa shape index (κ1) is 15.0. The Balaban J connectivity index is 1.38. The Bertz CT molecular complexity index is 561. The van der Waals surface area contributed by atoms with E-state index in [1.165, 1.54) is 0 Å². The van der Waals surface area contributed by atoms with Crippen molar-refractivity contribution in [2.24, 2.45) is 0 Å². The molecule has 1 aromatic rings. The summed E-state index contributed by atoms with van der Waals surface area (Å²) in [6, 6.07) is 9.90. The summed E-state index contributed by atoms with van der Waals surface area (Å²) in [5.41, 5.74) is 0.856. The monoisotopic (exact) mass is 316 g/mol. The molecule has 3 aliphatic rings. The van der Waals surface area contributed by atoms with Crippen molar-refractivity contribution in [2.75, 3.05) is 6.54 Å². The van der Waals surface area contributed by atoms with Crippen LogP contribution in [-0.4, -0.2) is 46.9 Å². The molecule has 5 heteroatoms. The summed E-state index contributed by atoms with van der Waals surface area (Å²) in [6.45, 7) is 0.349. The minimum Gasteiger partial charge on any atom is -0.387 e. The molecule has 5 nitrogen and oxygen atoms in total. The lowest BCUT2D eigenvalue weighted by atomic mass is 9.96. The SMILES string of the molecule is O=C(N[C@@H]1C[C@H]2CC[C@H]1O2)N(C[C@@H](O)c1ccccc1)C1CC1. The van der Waals surface area contributed by atoms with Gasteiger partial charge in [0.05, 0.1) is 30.9 Å². The number of ether oxygens (including phenoxy) is 1. The van der Waals surface area contributed by atoms with Crippen LogP contribution < -0.4 is 5.32 Å². The molecule has 0 unspecified atom stereocenters. The van der Waals surface area contributed by atoms with Crippen LogP contribution in [0.25, 0.3) is 0 Å². The number of nitrogens with zero attached hydrogens (tertiary/aromatic N) is 1. The Hall–Kier alpha value is -1.59. The van der Waals surface area contributed by atoms with Gasteiger partial charge >= 0.3 is 6.03 Å². The van der Waals surface area contributed by atoms with E-state index in [2.05, 4.69) is 5.32 Å². The molecular formula is C18H24N2O3. The highest BCUT2D eigenvalue weighted by atomic mass is 16.5. The van der Waals surface area contributed by atoms with Gasteiger partial charge in [-0.05, 0) is 37.7 Å². The van der Waals surface area contributed by atoms with Gasteiger partial charge < -0.3 is 20.1 Å². The smallest absolute Gasteiger partial charge is 0.318 e. The molecule has 4 atom stereocenters. The Morgan fingerprint density at radius 3 is 2.65 bits per heavy atom. The van der Waals surface area contributed by atoms with Crippen molar-refractivity contribution >= 4 is 6.03 Å². The van der Waals surface area contributed by atoms with Crippen LogP contribution >= 0.6 is 0 Å². The van der Waals surface area contributed by atoms with E-state index in [0.29, 0.717) is 12.6 Å². The Labute approximate surface area is 136 Å². The molecule has 0 radical (unpaired) electrons. The van der Waals surface area contributed by atoms with Gasteiger partial charge in [0, 0.05) is 6.04 Å². The second-order valence-corrected chi connectivity index (χ2v) is 6.98. The molecule has 0 spiro atoms. The molecule has 124 valence electrons. The molecule has 23 heavy (non-hydrogen) atoms. The van der Waals surface area contributed by atoms with Crippen molar-refractivity contribution in [2.45, 2.75) is 62.5 Å². The van der Waals surface area contributed by atoms with Gasteiger partial charge in [-0.1, -0.05) is 30.3 Å². The molecule has 1 aromatic carbocycles. The number of benzene rings is 1. The fraction of sp³-hybridized carbons (Fsp3) is 0.611. The molecule has 3 fully saturated rings. The Morgan fingerprint density at radius 2 is 2.04 bits per heavy atom. The van der Waals surface area contributed by atoms with Crippen molar-refractivity contribution in [3.63, 3.8) is 0 Å². The Morgan fingerprint density at radius 1 is 1.26 bits per heavy atom. The van der Waals surface area contributed by atoms with Crippen LogP contribution in [0.4, 0.5) is 4.79 Å². The highest BCUT2D eigenvalue weighted by Gasteiger charge is 2.43. The third-order valence-corrected chi connectivity index (χ3v) is 5.22. The van der Waals surface area contributed by atoms with Gasteiger partial charge in [0.1, 0.15) is 0 Å². The molecule has 1 aliphatic carbocycles. The number of urea groups is 1. The molecule has 2 aliphatic heterocycles. The standard InChI is InChI=1S/C18H24N2O3/c21-16(12-4-2-1-3-5-12)11-20(13-6-7-13)18(22)19-15-10-14-8-9-17(15)23-14/h1-5,13-17,21H,6-11H2,(H,19,22)/t14-,15-,16-,17-/m1/s1. The maximum atomic E-state index is 12.7. The number of aliphatic hydroxyl groups is 1. The van der Waals surface area contributed by atoms with E-state index in [1.807, 2.05) is 35.2 Å². The average molecular weight is 316 g/mol. The third-order valence-electron chi connectivity index (χ3n) is 5.22. The second-order valence-electron chi connectivity index (χ2n) is 6.98. The van der Waals surface area contributed by atoms with Crippen LogP contribution in [0.1, 0.15) is 43.8 Å². The zero-order valence-electron chi connectivity index (χ0n) is 13.2. The fourth-order valence-electron chi connectivity index (χ4n) is 3.78. The number of rotatable bonds is 5. The van der Waals surface area contributed by atoms with Crippen LogP contribution in [0.15, 0.2) is 30.3 Å². The van der Waals surface area contributed by atoms with Crippen molar-refractivity contribution in [1.29, 1.82) is 0 Å². The minimum atomic E-state index is -0.640. The zero-order chi connectivity index (χ0) is 15.8. The van der Waals surface area contributed by atoms with E-state index in [-0.39, 0.29) is 24.2 Å². The molecule has 2 bridgehead atoms. The van der Waals surface area contributed by atoms with Gasteiger partial charge in [-0.2, -0.15) is 0 Å². The number of amides is 2. The number of aliphatic hydroxyl groups excluding tert-OH is 1. The predicted octanol–water partition coefficient (Wildman–Crippen LogP) is 2.21. The number of hydrogen-bond acceptors (Lipinski definition) is 3. The van der Waals surface area contributed by atoms with Crippen LogP contribution in [0.5, 0.6) is 0 Å². The van der Waals surface area contributed by atoms with Crippen LogP contribution in [0, 0.1) is 0 Å². The largest absolute Gasteiger partial charge is 0.387 e. The lowest BCUT2D eigenvalue weighted by Crippen LogP contribution is -2.50. The normalized spacial score (nSPS) is 30.2. The maximum Gasteiger partial charge on any atom is 0.318 e. The predicted molar refractivity (Wildman–Crippen MR) is 86.0 cm³/mol. The first-order chi connectivity index (χ1) is 11.2. The minimum absolute atomic E-state index is 0.0522. The lowest BCUT2D eigenvalue weighted by Gasteiger charge is -2.29. The molecule has 4 rings (SSSR count). The van der Waals surface area contributed by atoms with E-state index in [0.717, 1.165) is 37.7 Å². The molecule has 2 heterocycles. The highest BCUT2D eigenvalue weighted by molar-refractivity contribution is 5.75. The van der Waals surface area contributed by atoms with E-state index in [1.54, 1.807) is 0 Å². The third kappa shape index (κ3) is 3.21. The van der Waals surface area contributed by atoms with Gasteiger partial charge in [-0.25, -0.2) is 4.79 Å². The zero-order valence-corrected chi connectivity index (χ0v) is 13.2. The van der Waals surface area contributed by atoms with Gasteiger partial charge in [0.25, 0.3) is 0 Å².